The molecule has 5 nitrogen and oxygen atoms in total. The Kier molecular flexibility index (Phi) is 2.56. The van der Waals surface area contributed by atoms with E-state index in [0.717, 1.165) is 0 Å². The Hall–Kier alpha value is -0.940. The van der Waals surface area contributed by atoms with E-state index in [2.05, 4.69) is 10.1 Å². The summed E-state index contributed by atoms with van der Waals surface area (Å²) in [5.74, 6) is 0.602. The summed E-state index contributed by atoms with van der Waals surface area (Å²) in [6.45, 7) is 2.50. The molecule has 11 heavy (non-hydrogen) atoms. The van der Waals surface area contributed by atoms with E-state index < -0.39 is 6.10 Å². The molecule has 0 amide bonds. The lowest BCUT2D eigenvalue weighted by atomic mass is 10.4. The molecule has 1 rings (SSSR count). The lowest BCUT2D eigenvalue weighted by Gasteiger charge is -2.01. The van der Waals surface area contributed by atoms with Crippen LogP contribution in [-0.4, -0.2) is 26.0 Å². The number of rotatable bonds is 3. The fourth-order valence-corrected chi connectivity index (χ4v) is 0.785. The van der Waals surface area contributed by atoms with E-state index >= 15 is 0 Å². The molecule has 0 saturated carbocycles. The average Bonchev–Trinajstić information content (AvgIpc) is 2.34. The quantitative estimate of drug-likeness (QED) is 0.595. The fraction of sp³-hybridized carbons (Fsp3) is 0.667. The fourth-order valence-electron chi connectivity index (χ4n) is 0.785. The molecule has 1 unspecified atom stereocenters. The predicted molar refractivity (Wildman–Crippen MR) is 39.6 cm³/mol. The molecule has 0 aliphatic rings. The van der Waals surface area contributed by atoms with Crippen LogP contribution in [0.1, 0.15) is 12.7 Å². The van der Waals surface area contributed by atoms with Gasteiger partial charge in [-0.2, -0.15) is 5.10 Å². The average molecular weight is 156 g/mol. The van der Waals surface area contributed by atoms with Crippen molar-refractivity contribution >= 4 is 0 Å². The summed E-state index contributed by atoms with van der Waals surface area (Å²) >= 11 is 0. The van der Waals surface area contributed by atoms with Crippen molar-refractivity contribution in [3.63, 3.8) is 0 Å². The van der Waals surface area contributed by atoms with Crippen molar-refractivity contribution < 1.29 is 5.11 Å². The van der Waals surface area contributed by atoms with Crippen molar-refractivity contribution in [1.82, 2.24) is 14.8 Å². The number of aliphatic hydroxyl groups excluding tert-OH is 1. The van der Waals surface area contributed by atoms with Gasteiger partial charge in [0.05, 0.1) is 19.2 Å². The number of aromatic nitrogens is 3. The molecule has 0 saturated heterocycles. The van der Waals surface area contributed by atoms with Gasteiger partial charge in [0.2, 0.25) is 0 Å². The second-order valence-electron chi connectivity index (χ2n) is 2.44. The van der Waals surface area contributed by atoms with Gasteiger partial charge in [-0.15, -0.1) is 0 Å². The summed E-state index contributed by atoms with van der Waals surface area (Å²) in [6.07, 6.45) is 1.16. The minimum Gasteiger partial charge on any atom is -0.391 e. The van der Waals surface area contributed by atoms with Crippen molar-refractivity contribution in [1.29, 1.82) is 0 Å². The van der Waals surface area contributed by atoms with Crippen LogP contribution in [0.5, 0.6) is 0 Å². The number of hydrogen-bond acceptors (Lipinski definition) is 4. The molecule has 1 aromatic rings. The highest BCUT2D eigenvalue weighted by molar-refractivity contribution is 4.79. The normalized spacial score (nSPS) is 13.4. The van der Waals surface area contributed by atoms with Gasteiger partial charge in [-0.05, 0) is 6.92 Å². The largest absolute Gasteiger partial charge is 0.391 e. The van der Waals surface area contributed by atoms with E-state index in [4.69, 9.17) is 10.8 Å². The molecule has 0 spiro atoms. The second kappa shape index (κ2) is 3.45. The van der Waals surface area contributed by atoms with Gasteiger partial charge in [0.1, 0.15) is 6.33 Å². The van der Waals surface area contributed by atoms with Crippen LogP contribution in [-0.2, 0) is 13.1 Å². The molecule has 1 aromatic heterocycles. The van der Waals surface area contributed by atoms with E-state index in [1.165, 1.54) is 0 Å². The van der Waals surface area contributed by atoms with Gasteiger partial charge in [-0.25, -0.2) is 4.98 Å². The SMILES string of the molecule is CC(O)Cn1cnc(CN)n1. The number of nitrogens with two attached hydrogens (primary N) is 1. The molecule has 62 valence electrons. The van der Waals surface area contributed by atoms with Crippen LogP contribution in [0.25, 0.3) is 0 Å². The van der Waals surface area contributed by atoms with Gasteiger partial charge in [-0.3, -0.25) is 4.68 Å². The van der Waals surface area contributed by atoms with E-state index in [1.807, 2.05) is 0 Å². The number of aliphatic hydroxyl groups is 1. The third-order valence-electron chi connectivity index (χ3n) is 1.22. The third kappa shape index (κ3) is 2.28. The Morgan fingerprint density at radius 1 is 1.82 bits per heavy atom. The van der Waals surface area contributed by atoms with Crippen LogP contribution in [0.3, 0.4) is 0 Å². The highest BCUT2D eigenvalue weighted by atomic mass is 16.3. The molecule has 5 heteroatoms. The Morgan fingerprint density at radius 2 is 2.55 bits per heavy atom. The first-order valence-electron chi connectivity index (χ1n) is 3.49. The summed E-state index contributed by atoms with van der Waals surface area (Å²) in [6, 6.07) is 0. The second-order valence-corrected chi connectivity index (χ2v) is 2.44. The van der Waals surface area contributed by atoms with Crippen molar-refractivity contribution in [3.8, 4) is 0 Å². The molecule has 1 atom stereocenters. The smallest absolute Gasteiger partial charge is 0.164 e. The first-order chi connectivity index (χ1) is 5.22. The molecule has 1 heterocycles. The molecule has 0 aromatic carbocycles. The molecule has 0 aliphatic carbocycles. The molecule has 0 radical (unpaired) electrons. The maximum atomic E-state index is 8.97. The Balaban J connectivity index is 2.58. The van der Waals surface area contributed by atoms with Gasteiger partial charge >= 0.3 is 0 Å². The summed E-state index contributed by atoms with van der Waals surface area (Å²) in [4.78, 5) is 3.90. The van der Waals surface area contributed by atoms with Gasteiger partial charge in [-0.1, -0.05) is 0 Å². The number of nitrogens with zero attached hydrogens (tertiary/aromatic N) is 3. The van der Waals surface area contributed by atoms with Gasteiger partial charge < -0.3 is 10.8 Å². The van der Waals surface area contributed by atoms with Crippen LogP contribution in [0.4, 0.5) is 0 Å². The summed E-state index contributed by atoms with van der Waals surface area (Å²) < 4.78 is 1.58. The van der Waals surface area contributed by atoms with Crippen LogP contribution in [0.15, 0.2) is 6.33 Å². The first kappa shape index (κ1) is 8.16. The summed E-state index contributed by atoms with van der Waals surface area (Å²) in [5.41, 5.74) is 5.29. The molecule has 0 bridgehead atoms. The minimum absolute atomic E-state index is 0.340. The van der Waals surface area contributed by atoms with E-state index in [0.29, 0.717) is 18.9 Å². The maximum absolute atomic E-state index is 8.97. The molecule has 0 fully saturated rings. The van der Waals surface area contributed by atoms with E-state index in [-0.39, 0.29) is 0 Å². The van der Waals surface area contributed by atoms with Crippen molar-refractivity contribution in [2.75, 3.05) is 0 Å². The number of hydrogen-bond donors (Lipinski definition) is 2. The van der Waals surface area contributed by atoms with Crippen LogP contribution < -0.4 is 5.73 Å². The highest BCUT2D eigenvalue weighted by Crippen LogP contribution is 1.90. The Bertz CT molecular complexity index is 220. The van der Waals surface area contributed by atoms with Gasteiger partial charge in [0.15, 0.2) is 5.82 Å². The van der Waals surface area contributed by atoms with Crippen molar-refractivity contribution in [3.05, 3.63) is 12.2 Å². The van der Waals surface area contributed by atoms with Crippen LogP contribution in [0, 0.1) is 0 Å². The Morgan fingerprint density at radius 3 is 3.00 bits per heavy atom. The van der Waals surface area contributed by atoms with Crippen LogP contribution in [0.2, 0.25) is 0 Å². The summed E-state index contributed by atoms with van der Waals surface area (Å²) in [7, 11) is 0. The van der Waals surface area contributed by atoms with E-state index in [9.17, 15) is 0 Å². The van der Waals surface area contributed by atoms with Gasteiger partial charge in [0.25, 0.3) is 0 Å². The maximum Gasteiger partial charge on any atom is 0.164 e. The molecular formula is C6H12N4O. The first-order valence-corrected chi connectivity index (χ1v) is 3.49. The topological polar surface area (TPSA) is 77.0 Å². The van der Waals surface area contributed by atoms with Gasteiger partial charge in [0, 0.05) is 0 Å². The zero-order valence-electron chi connectivity index (χ0n) is 6.44. The predicted octanol–water partition coefficient (Wildman–Crippen LogP) is -0.882. The lowest BCUT2D eigenvalue weighted by Crippen LogP contribution is -2.12. The molecule has 0 aliphatic heterocycles. The third-order valence-corrected chi connectivity index (χ3v) is 1.22. The van der Waals surface area contributed by atoms with E-state index in [1.54, 1.807) is 17.9 Å². The zero-order chi connectivity index (χ0) is 8.27. The Labute approximate surface area is 64.9 Å². The zero-order valence-corrected chi connectivity index (χ0v) is 6.44. The molecule has 3 N–H and O–H groups in total. The molecular weight excluding hydrogens is 144 g/mol. The highest BCUT2D eigenvalue weighted by Gasteiger charge is 2.00. The van der Waals surface area contributed by atoms with Crippen LogP contribution >= 0.6 is 0 Å². The van der Waals surface area contributed by atoms with Crippen molar-refractivity contribution in [2.24, 2.45) is 5.73 Å². The minimum atomic E-state index is -0.401. The monoisotopic (exact) mass is 156 g/mol. The lowest BCUT2D eigenvalue weighted by molar-refractivity contribution is 0.168. The standard InChI is InChI=1S/C6H12N4O/c1-5(11)3-10-4-8-6(2-7)9-10/h4-5,11H,2-3,7H2,1H3. The summed E-state index contributed by atoms with van der Waals surface area (Å²) in [5, 5.41) is 13.0. The van der Waals surface area contributed by atoms with Crippen molar-refractivity contribution in [2.45, 2.75) is 26.1 Å².